The van der Waals surface area contributed by atoms with Crippen molar-refractivity contribution in [2.45, 2.75) is 33.2 Å². The molecular formula is C28H31N3O3. The van der Waals surface area contributed by atoms with Crippen LogP contribution in [0.1, 0.15) is 33.7 Å². The van der Waals surface area contributed by atoms with Crippen molar-refractivity contribution in [1.82, 2.24) is 14.9 Å². The number of nitrogens with zero attached hydrogens (tertiary/aromatic N) is 2. The average Bonchev–Trinajstić information content (AvgIpc) is 3.20. The Morgan fingerprint density at radius 2 is 1.79 bits per heavy atom. The van der Waals surface area contributed by atoms with Crippen LogP contribution < -0.4 is 14.8 Å². The van der Waals surface area contributed by atoms with Gasteiger partial charge >= 0.3 is 0 Å². The molecule has 0 atom stereocenters. The summed E-state index contributed by atoms with van der Waals surface area (Å²) in [5.41, 5.74) is 4.97. The zero-order valence-corrected chi connectivity index (χ0v) is 20.0. The van der Waals surface area contributed by atoms with Crippen LogP contribution in [-0.2, 0) is 13.0 Å². The van der Waals surface area contributed by atoms with Crippen LogP contribution in [-0.4, -0.2) is 35.7 Å². The number of methoxy groups -OCH3 is 1. The Hall–Kier alpha value is -3.80. The fraction of sp³-hybridized carbons (Fsp3) is 0.286. The minimum Gasteiger partial charge on any atom is -0.496 e. The Labute approximate surface area is 200 Å². The van der Waals surface area contributed by atoms with Crippen molar-refractivity contribution in [2.24, 2.45) is 0 Å². The first-order valence-electron chi connectivity index (χ1n) is 11.6. The summed E-state index contributed by atoms with van der Waals surface area (Å²) < 4.78 is 13.6. The molecule has 1 amide bonds. The lowest BCUT2D eigenvalue weighted by atomic mass is 10.1. The minimum atomic E-state index is -0.151. The third-order valence-electron chi connectivity index (χ3n) is 5.83. The van der Waals surface area contributed by atoms with E-state index in [1.807, 2.05) is 36.4 Å². The maximum Gasteiger partial charge on any atom is 0.255 e. The first kappa shape index (κ1) is 23.4. The molecule has 0 radical (unpaired) electrons. The zero-order valence-electron chi connectivity index (χ0n) is 20.0. The summed E-state index contributed by atoms with van der Waals surface area (Å²) in [6, 6.07) is 21.6. The standard InChI is InChI=1S/C28H31N3O3/c1-20-13-14-25(21(2)19-20)34-18-8-17-31-24-11-6-5-10-23(24)30-27(31)15-16-29-28(32)22-9-4-7-12-26(22)33-3/h4-7,9-14,19H,8,15-18H2,1-3H3,(H,29,32). The van der Waals surface area contributed by atoms with Gasteiger partial charge in [-0.3, -0.25) is 4.79 Å². The van der Waals surface area contributed by atoms with Crippen LogP contribution >= 0.6 is 0 Å². The van der Waals surface area contributed by atoms with Crippen molar-refractivity contribution < 1.29 is 14.3 Å². The number of hydrogen-bond acceptors (Lipinski definition) is 4. The number of fused-ring (bicyclic) bond motifs is 1. The lowest BCUT2D eigenvalue weighted by molar-refractivity contribution is 0.0951. The predicted molar refractivity (Wildman–Crippen MR) is 135 cm³/mol. The van der Waals surface area contributed by atoms with Gasteiger partial charge in [0.15, 0.2) is 0 Å². The van der Waals surface area contributed by atoms with Gasteiger partial charge in [0.25, 0.3) is 5.91 Å². The van der Waals surface area contributed by atoms with E-state index in [-0.39, 0.29) is 5.91 Å². The molecule has 4 rings (SSSR count). The van der Waals surface area contributed by atoms with Gasteiger partial charge in [0.05, 0.1) is 30.3 Å². The van der Waals surface area contributed by atoms with Gasteiger partial charge < -0.3 is 19.4 Å². The van der Waals surface area contributed by atoms with E-state index in [2.05, 4.69) is 41.9 Å². The molecule has 0 unspecified atom stereocenters. The number of aryl methyl sites for hydroxylation is 3. The Morgan fingerprint density at radius 3 is 2.62 bits per heavy atom. The number of rotatable bonds is 10. The number of nitrogens with one attached hydrogen (secondary N) is 1. The van der Waals surface area contributed by atoms with Crippen LogP contribution in [0.25, 0.3) is 11.0 Å². The van der Waals surface area contributed by atoms with Gasteiger partial charge in [0.1, 0.15) is 17.3 Å². The third-order valence-corrected chi connectivity index (χ3v) is 5.83. The Morgan fingerprint density at radius 1 is 1.00 bits per heavy atom. The van der Waals surface area contributed by atoms with E-state index >= 15 is 0 Å². The fourth-order valence-corrected chi connectivity index (χ4v) is 4.15. The molecule has 0 saturated carbocycles. The summed E-state index contributed by atoms with van der Waals surface area (Å²) in [6.07, 6.45) is 1.49. The van der Waals surface area contributed by atoms with Gasteiger partial charge in [-0.2, -0.15) is 0 Å². The molecule has 176 valence electrons. The van der Waals surface area contributed by atoms with Crippen molar-refractivity contribution in [2.75, 3.05) is 20.3 Å². The third kappa shape index (κ3) is 5.39. The predicted octanol–water partition coefficient (Wildman–Crippen LogP) is 5.10. The molecule has 1 heterocycles. The Balaban J connectivity index is 1.39. The van der Waals surface area contributed by atoms with E-state index < -0.39 is 0 Å². The zero-order chi connectivity index (χ0) is 23.9. The molecule has 4 aromatic rings. The number of carbonyl (C=O) groups excluding carboxylic acids is 1. The van der Waals surface area contributed by atoms with Crippen LogP contribution in [0.4, 0.5) is 0 Å². The van der Waals surface area contributed by atoms with Gasteiger partial charge in [-0.25, -0.2) is 4.98 Å². The highest BCUT2D eigenvalue weighted by atomic mass is 16.5. The maximum absolute atomic E-state index is 12.6. The van der Waals surface area contributed by atoms with Crippen LogP contribution in [0.3, 0.4) is 0 Å². The number of ether oxygens (including phenoxy) is 2. The van der Waals surface area contributed by atoms with Crippen molar-refractivity contribution >= 4 is 16.9 Å². The van der Waals surface area contributed by atoms with E-state index in [9.17, 15) is 4.79 Å². The van der Waals surface area contributed by atoms with E-state index in [1.165, 1.54) is 5.56 Å². The van der Waals surface area contributed by atoms with E-state index in [0.717, 1.165) is 41.1 Å². The summed E-state index contributed by atoms with van der Waals surface area (Å²) >= 11 is 0. The molecule has 0 bridgehead atoms. The second kappa shape index (κ2) is 10.9. The topological polar surface area (TPSA) is 65.4 Å². The molecule has 0 aliphatic rings. The lowest BCUT2D eigenvalue weighted by Crippen LogP contribution is -2.27. The minimum absolute atomic E-state index is 0.151. The lowest BCUT2D eigenvalue weighted by Gasteiger charge is -2.13. The molecular weight excluding hydrogens is 426 g/mol. The molecule has 6 heteroatoms. The number of para-hydroxylation sites is 3. The molecule has 3 aromatic carbocycles. The Kier molecular flexibility index (Phi) is 7.48. The van der Waals surface area contributed by atoms with Crippen molar-refractivity contribution in [3.8, 4) is 11.5 Å². The van der Waals surface area contributed by atoms with Gasteiger partial charge in [-0.15, -0.1) is 0 Å². The molecule has 1 aromatic heterocycles. The van der Waals surface area contributed by atoms with Crippen LogP contribution in [0.5, 0.6) is 11.5 Å². The van der Waals surface area contributed by atoms with Gasteiger partial charge in [-0.05, 0) is 56.2 Å². The van der Waals surface area contributed by atoms with E-state index in [4.69, 9.17) is 14.5 Å². The molecule has 0 aliphatic heterocycles. The van der Waals surface area contributed by atoms with Gasteiger partial charge in [-0.1, -0.05) is 42.0 Å². The number of aromatic nitrogens is 2. The maximum atomic E-state index is 12.6. The van der Waals surface area contributed by atoms with Crippen LogP contribution in [0, 0.1) is 13.8 Å². The molecule has 0 aliphatic carbocycles. The van der Waals surface area contributed by atoms with E-state index in [1.54, 1.807) is 19.2 Å². The molecule has 6 nitrogen and oxygen atoms in total. The molecule has 0 spiro atoms. The molecule has 1 N–H and O–H groups in total. The summed E-state index contributed by atoms with van der Waals surface area (Å²) in [7, 11) is 1.57. The van der Waals surface area contributed by atoms with Crippen molar-refractivity contribution in [3.63, 3.8) is 0 Å². The largest absolute Gasteiger partial charge is 0.496 e. The highest BCUT2D eigenvalue weighted by molar-refractivity contribution is 5.96. The number of hydrogen-bond donors (Lipinski definition) is 1. The molecule has 0 fully saturated rings. The second-order valence-electron chi connectivity index (χ2n) is 8.35. The van der Waals surface area contributed by atoms with Gasteiger partial charge in [0.2, 0.25) is 0 Å². The first-order valence-corrected chi connectivity index (χ1v) is 11.6. The second-order valence-corrected chi connectivity index (χ2v) is 8.35. The number of amides is 1. The quantitative estimate of drug-likeness (QED) is 0.336. The smallest absolute Gasteiger partial charge is 0.255 e. The van der Waals surface area contributed by atoms with Gasteiger partial charge in [0, 0.05) is 19.5 Å². The summed E-state index contributed by atoms with van der Waals surface area (Å²) in [5.74, 6) is 2.30. The average molecular weight is 458 g/mol. The summed E-state index contributed by atoms with van der Waals surface area (Å²) in [4.78, 5) is 17.5. The van der Waals surface area contributed by atoms with Crippen LogP contribution in [0.15, 0.2) is 66.7 Å². The first-order chi connectivity index (χ1) is 16.6. The normalized spacial score (nSPS) is 10.9. The highest BCUT2D eigenvalue weighted by Gasteiger charge is 2.13. The van der Waals surface area contributed by atoms with Crippen LogP contribution in [0.2, 0.25) is 0 Å². The fourth-order valence-electron chi connectivity index (χ4n) is 4.15. The number of carbonyl (C=O) groups is 1. The monoisotopic (exact) mass is 457 g/mol. The highest BCUT2D eigenvalue weighted by Crippen LogP contribution is 2.21. The molecule has 34 heavy (non-hydrogen) atoms. The molecule has 0 saturated heterocycles. The number of imidazole rings is 1. The summed E-state index contributed by atoms with van der Waals surface area (Å²) in [6.45, 7) is 6.06. The van der Waals surface area contributed by atoms with E-state index in [0.29, 0.717) is 30.9 Å². The van der Waals surface area contributed by atoms with Crippen molar-refractivity contribution in [3.05, 3.63) is 89.2 Å². The summed E-state index contributed by atoms with van der Waals surface area (Å²) in [5, 5.41) is 3.00. The van der Waals surface area contributed by atoms with Crippen molar-refractivity contribution in [1.29, 1.82) is 0 Å². The SMILES string of the molecule is COc1ccccc1C(=O)NCCc1nc2ccccc2n1CCCOc1ccc(C)cc1C. The Bertz CT molecular complexity index is 1280. The number of benzene rings is 3.